The summed E-state index contributed by atoms with van der Waals surface area (Å²) >= 11 is 0. The molecule has 2 aromatic heterocycles. The van der Waals surface area contributed by atoms with Gasteiger partial charge in [0.05, 0.1) is 18.4 Å². The van der Waals surface area contributed by atoms with E-state index in [0.717, 1.165) is 29.0 Å². The van der Waals surface area contributed by atoms with Gasteiger partial charge in [0.25, 0.3) is 0 Å². The summed E-state index contributed by atoms with van der Waals surface area (Å²) in [6.07, 6.45) is 0.437. The van der Waals surface area contributed by atoms with Gasteiger partial charge in [-0.05, 0) is 53.9 Å². The van der Waals surface area contributed by atoms with Crippen molar-refractivity contribution in [1.82, 2.24) is 24.4 Å². The second-order valence-electron chi connectivity index (χ2n) is 11.2. The van der Waals surface area contributed by atoms with Crippen LogP contribution in [0.4, 0.5) is 23.9 Å². The van der Waals surface area contributed by atoms with Crippen molar-refractivity contribution in [3.05, 3.63) is 132 Å². The maximum Gasteiger partial charge on any atom is 0.416 e. The summed E-state index contributed by atoms with van der Waals surface area (Å²) in [5.41, 5.74) is 2.15. The molecule has 0 spiro atoms. The van der Waals surface area contributed by atoms with E-state index >= 15 is 0 Å². The number of methoxy groups -OCH3 is 1. The molecule has 1 fully saturated rings. The Morgan fingerprint density at radius 2 is 1.74 bits per heavy atom. The molecule has 1 aliphatic heterocycles. The van der Waals surface area contributed by atoms with E-state index in [-0.39, 0.29) is 25.0 Å². The van der Waals surface area contributed by atoms with E-state index < -0.39 is 17.8 Å². The zero-order chi connectivity index (χ0) is 32.8. The number of carbonyl (C=O) groups excluding carboxylic acids is 1. The summed E-state index contributed by atoms with van der Waals surface area (Å²) in [5.74, 6) is 1.11. The van der Waals surface area contributed by atoms with Crippen LogP contribution in [0.1, 0.15) is 46.5 Å². The smallest absolute Gasteiger partial charge is 0.416 e. The Kier molecular flexibility index (Phi) is 9.37. The van der Waals surface area contributed by atoms with E-state index in [0.29, 0.717) is 42.7 Å². The lowest BCUT2D eigenvalue weighted by atomic mass is 9.82. The third-order valence-electron chi connectivity index (χ3n) is 8.20. The highest BCUT2D eigenvalue weighted by atomic mass is 19.4. The molecule has 47 heavy (non-hydrogen) atoms. The number of anilines is 1. The van der Waals surface area contributed by atoms with Crippen LogP contribution in [0.15, 0.2) is 104 Å². The van der Waals surface area contributed by atoms with Crippen LogP contribution in [0.2, 0.25) is 0 Å². The first-order chi connectivity index (χ1) is 22.8. The zero-order valence-corrected chi connectivity index (χ0v) is 25.6. The van der Waals surface area contributed by atoms with Crippen molar-refractivity contribution < 1.29 is 27.4 Å². The summed E-state index contributed by atoms with van der Waals surface area (Å²) in [4.78, 5) is 28.8. The first-order valence-corrected chi connectivity index (χ1v) is 15.1. The number of imidazole rings is 1. The Morgan fingerprint density at radius 1 is 0.936 bits per heavy atom. The molecule has 0 saturated carbocycles. The highest BCUT2D eigenvalue weighted by molar-refractivity contribution is 5.68. The molecule has 1 saturated heterocycles. The van der Waals surface area contributed by atoms with Crippen molar-refractivity contribution in [2.24, 2.45) is 0 Å². The monoisotopic (exact) mass is 642 g/mol. The molecule has 0 aliphatic carbocycles. The predicted molar refractivity (Wildman–Crippen MR) is 169 cm³/mol. The van der Waals surface area contributed by atoms with Crippen molar-refractivity contribution in [2.75, 3.05) is 25.5 Å². The van der Waals surface area contributed by atoms with Crippen molar-refractivity contribution in [3.8, 4) is 11.4 Å². The van der Waals surface area contributed by atoms with Gasteiger partial charge in [-0.2, -0.15) is 13.2 Å². The van der Waals surface area contributed by atoms with Gasteiger partial charge < -0.3 is 24.3 Å². The van der Waals surface area contributed by atoms with Crippen LogP contribution in [-0.4, -0.2) is 50.7 Å². The summed E-state index contributed by atoms with van der Waals surface area (Å²) < 4.78 is 53.3. The topological polar surface area (TPSA) is 94.4 Å². The third-order valence-corrected chi connectivity index (χ3v) is 8.20. The summed E-state index contributed by atoms with van der Waals surface area (Å²) in [6.45, 7) is 1.25. The number of halogens is 3. The Hall–Kier alpha value is -5.39. The quantitative estimate of drug-likeness (QED) is 0.182. The van der Waals surface area contributed by atoms with Crippen LogP contribution < -0.4 is 10.1 Å². The third kappa shape index (κ3) is 7.54. The summed E-state index contributed by atoms with van der Waals surface area (Å²) in [6, 6.07) is 24.0. The summed E-state index contributed by atoms with van der Waals surface area (Å²) in [5, 5.41) is 3.26. The van der Waals surface area contributed by atoms with Gasteiger partial charge in [0, 0.05) is 55.7 Å². The van der Waals surface area contributed by atoms with E-state index in [4.69, 9.17) is 14.5 Å². The van der Waals surface area contributed by atoms with Crippen molar-refractivity contribution in [3.63, 3.8) is 0 Å². The van der Waals surface area contributed by atoms with E-state index in [2.05, 4.69) is 15.3 Å². The van der Waals surface area contributed by atoms with Gasteiger partial charge in [-0.15, -0.1) is 0 Å². The Morgan fingerprint density at radius 3 is 2.51 bits per heavy atom. The van der Waals surface area contributed by atoms with Gasteiger partial charge in [0.2, 0.25) is 5.95 Å². The van der Waals surface area contributed by atoms with Crippen LogP contribution in [0.3, 0.4) is 0 Å². The first-order valence-electron chi connectivity index (χ1n) is 15.1. The molecule has 0 bridgehead atoms. The number of hydrogen-bond donors (Lipinski definition) is 1. The normalized spacial score (nSPS) is 16.5. The average Bonchev–Trinajstić information content (AvgIpc) is 3.60. The number of alkyl halides is 3. The molecule has 2 unspecified atom stereocenters. The first kappa shape index (κ1) is 31.6. The van der Waals surface area contributed by atoms with E-state index in [9.17, 15) is 18.0 Å². The highest BCUT2D eigenvalue weighted by Gasteiger charge is 2.38. The fourth-order valence-corrected chi connectivity index (χ4v) is 5.77. The Labute approximate surface area is 270 Å². The molecule has 0 radical (unpaired) electrons. The zero-order valence-electron chi connectivity index (χ0n) is 25.6. The maximum absolute atomic E-state index is 13.6. The van der Waals surface area contributed by atoms with Gasteiger partial charge in [0.15, 0.2) is 0 Å². The second kappa shape index (κ2) is 13.9. The predicted octanol–water partition coefficient (Wildman–Crippen LogP) is 7.21. The lowest BCUT2D eigenvalue weighted by Gasteiger charge is -2.37. The van der Waals surface area contributed by atoms with Crippen LogP contribution in [0.25, 0.3) is 5.69 Å². The maximum atomic E-state index is 13.6. The number of nitrogens with one attached hydrogen (secondary N) is 1. The molecule has 2 atom stereocenters. The molecule has 1 amide bonds. The SMILES string of the molecule is COc1ccc(CNc2nccc(C3CN(C(=O)OCc4ccccc4)CCC3c3nccn3-c3cccc(C(F)(F)F)c3)n2)cc1. The van der Waals surface area contributed by atoms with Gasteiger partial charge in [-0.1, -0.05) is 48.5 Å². The molecule has 3 heterocycles. The fourth-order valence-electron chi connectivity index (χ4n) is 5.77. The molecule has 12 heteroatoms. The largest absolute Gasteiger partial charge is 0.497 e. The van der Waals surface area contributed by atoms with Gasteiger partial charge in [-0.25, -0.2) is 19.7 Å². The molecule has 9 nitrogen and oxygen atoms in total. The van der Waals surface area contributed by atoms with Crippen LogP contribution >= 0.6 is 0 Å². The number of aromatic nitrogens is 4. The van der Waals surface area contributed by atoms with Gasteiger partial charge >= 0.3 is 12.3 Å². The number of rotatable bonds is 9. The number of likely N-dealkylation sites (tertiary alicyclic amines) is 1. The average molecular weight is 643 g/mol. The van der Waals surface area contributed by atoms with Crippen molar-refractivity contribution in [1.29, 1.82) is 0 Å². The molecular weight excluding hydrogens is 609 g/mol. The minimum Gasteiger partial charge on any atom is -0.497 e. The van der Waals surface area contributed by atoms with E-state index in [1.807, 2.05) is 54.6 Å². The molecule has 1 N–H and O–H groups in total. The number of hydrogen-bond acceptors (Lipinski definition) is 7. The molecule has 6 rings (SSSR count). The van der Waals surface area contributed by atoms with Gasteiger partial charge in [0.1, 0.15) is 18.2 Å². The minimum absolute atomic E-state index is 0.136. The van der Waals surface area contributed by atoms with Gasteiger partial charge in [-0.3, -0.25) is 0 Å². The van der Waals surface area contributed by atoms with Crippen LogP contribution in [0.5, 0.6) is 5.75 Å². The standard InChI is InChI=1S/C35H33F3N6O3/c1-46-28-12-10-24(11-13-28)21-41-33-40-16-14-31(42-33)30-22-43(34(45)47-23-25-6-3-2-4-7-25)18-15-29(30)32-39-17-19-44(32)27-9-5-8-26(20-27)35(36,37)38/h2-14,16-17,19-20,29-30H,15,18,21-23H2,1H3,(H,40,41,42). The lowest BCUT2D eigenvalue weighted by molar-refractivity contribution is -0.137. The Bertz CT molecular complexity index is 1800. The highest BCUT2D eigenvalue weighted by Crippen LogP contribution is 2.40. The second-order valence-corrected chi connectivity index (χ2v) is 11.2. The molecular formula is C35H33F3N6O3. The number of piperidine rings is 1. The molecule has 242 valence electrons. The molecule has 1 aliphatic rings. The number of nitrogens with zero attached hydrogens (tertiary/aromatic N) is 5. The number of ether oxygens (including phenoxy) is 2. The van der Waals surface area contributed by atoms with E-state index in [1.54, 1.807) is 47.3 Å². The minimum atomic E-state index is -4.49. The van der Waals surface area contributed by atoms with Crippen molar-refractivity contribution >= 4 is 12.0 Å². The number of benzene rings is 3. The molecule has 3 aromatic carbocycles. The van der Waals surface area contributed by atoms with Crippen LogP contribution in [0, 0.1) is 0 Å². The molecule has 5 aromatic rings. The summed E-state index contributed by atoms with van der Waals surface area (Å²) in [7, 11) is 1.61. The Balaban J connectivity index is 1.28. The number of carbonyl (C=O) groups is 1. The fraction of sp³-hybridized carbons (Fsp3) is 0.257. The van der Waals surface area contributed by atoms with Crippen molar-refractivity contribution in [2.45, 2.75) is 37.6 Å². The van der Waals surface area contributed by atoms with Crippen LogP contribution in [-0.2, 0) is 24.1 Å². The lowest BCUT2D eigenvalue weighted by Crippen LogP contribution is -2.43. The van der Waals surface area contributed by atoms with E-state index in [1.165, 1.54) is 6.07 Å². The number of amides is 1.